The quantitative estimate of drug-likeness (QED) is 0.519. The van der Waals surface area contributed by atoms with Gasteiger partial charge < -0.3 is 16.2 Å². The predicted octanol–water partition coefficient (Wildman–Crippen LogP) is 4.42. The summed E-state index contributed by atoms with van der Waals surface area (Å²) in [5, 5.41) is 12.0. The number of aromatic nitrogens is 1. The highest BCUT2D eigenvalue weighted by Crippen LogP contribution is 2.47. The van der Waals surface area contributed by atoms with Gasteiger partial charge in [-0.3, -0.25) is 4.79 Å². The minimum atomic E-state index is -0.866. The number of nitrogens with one attached hydrogen (secondary N) is 1. The lowest BCUT2D eigenvalue weighted by Crippen LogP contribution is -2.05. The van der Waals surface area contributed by atoms with E-state index in [2.05, 4.69) is 10.3 Å². The molecule has 1 heterocycles. The van der Waals surface area contributed by atoms with Crippen LogP contribution in [-0.4, -0.2) is 16.1 Å². The maximum absolute atomic E-state index is 14.4. The van der Waals surface area contributed by atoms with Gasteiger partial charge in [-0.25, -0.2) is 18.2 Å². The molecule has 1 aliphatic carbocycles. The molecule has 160 valence electrons. The van der Waals surface area contributed by atoms with Crippen molar-refractivity contribution in [3.63, 3.8) is 0 Å². The summed E-state index contributed by atoms with van der Waals surface area (Å²) in [6.07, 6.45) is 2.19. The molecule has 0 aliphatic heterocycles. The van der Waals surface area contributed by atoms with Gasteiger partial charge >= 0.3 is 5.97 Å². The lowest BCUT2D eigenvalue weighted by atomic mass is 9.99. The van der Waals surface area contributed by atoms with Crippen molar-refractivity contribution in [2.24, 2.45) is 11.7 Å². The molecule has 3 aromatic rings. The first-order valence-electron chi connectivity index (χ1n) is 9.76. The largest absolute Gasteiger partial charge is 0.481 e. The first kappa shape index (κ1) is 20.9. The number of nitrogens with two attached hydrogens (primary N) is 1. The molecule has 1 saturated carbocycles. The van der Waals surface area contributed by atoms with Crippen LogP contribution in [0, 0.1) is 23.4 Å². The summed E-state index contributed by atoms with van der Waals surface area (Å²) in [6, 6.07) is 9.63. The van der Waals surface area contributed by atoms with Crippen molar-refractivity contribution in [3.05, 3.63) is 82.8 Å². The van der Waals surface area contributed by atoms with Gasteiger partial charge in [0, 0.05) is 42.0 Å². The molecule has 4 N–H and O–H groups in total. The molecule has 0 saturated heterocycles. The third kappa shape index (κ3) is 4.39. The number of pyridine rings is 1. The monoisotopic (exact) mass is 427 g/mol. The van der Waals surface area contributed by atoms with Crippen LogP contribution in [0.2, 0.25) is 0 Å². The van der Waals surface area contributed by atoms with Crippen LogP contribution in [0.3, 0.4) is 0 Å². The van der Waals surface area contributed by atoms with Crippen molar-refractivity contribution in [1.82, 2.24) is 4.98 Å². The van der Waals surface area contributed by atoms with E-state index < -0.39 is 23.4 Å². The molecule has 0 unspecified atom stereocenters. The highest BCUT2D eigenvalue weighted by atomic mass is 19.1. The Balaban J connectivity index is 1.52. The zero-order valence-electron chi connectivity index (χ0n) is 16.4. The van der Waals surface area contributed by atoms with E-state index in [1.807, 2.05) is 0 Å². The Labute approximate surface area is 176 Å². The zero-order chi connectivity index (χ0) is 22.1. The summed E-state index contributed by atoms with van der Waals surface area (Å²) in [7, 11) is 0. The molecular weight excluding hydrogens is 407 g/mol. The topological polar surface area (TPSA) is 88.2 Å². The van der Waals surface area contributed by atoms with Gasteiger partial charge in [-0.1, -0.05) is 12.1 Å². The second-order valence-electron chi connectivity index (χ2n) is 7.56. The fourth-order valence-electron chi connectivity index (χ4n) is 3.59. The van der Waals surface area contributed by atoms with Crippen LogP contribution in [-0.2, 0) is 17.9 Å². The highest BCUT2D eigenvalue weighted by molar-refractivity contribution is 5.75. The van der Waals surface area contributed by atoms with Crippen molar-refractivity contribution in [3.8, 4) is 11.1 Å². The maximum atomic E-state index is 14.4. The van der Waals surface area contributed by atoms with Gasteiger partial charge in [0.05, 0.1) is 5.92 Å². The minimum absolute atomic E-state index is 0.00480. The van der Waals surface area contributed by atoms with Crippen molar-refractivity contribution in [2.45, 2.75) is 25.4 Å². The van der Waals surface area contributed by atoms with E-state index in [9.17, 15) is 18.0 Å². The fraction of sp³-hybridized carbons (Fsp3) is 0.217. The van der Waals surface area contributed by atoms with E-state index in [0.717, 1.165) is 11.6 Å². The van der Waals surface area contributed by atoms with Crippen molar-refractivity contribution >= 4 is 11.8 Å². The Morgan fingerprint density at radius 3 is 2.48 bits per heavy atom. The molecule has 1 aliphatic rings. The van der Waals surface area contributed by atoms with E-state index >= 15 is 0 Å². The van der Waals surface area contributed by atoms with Gasteiger partial charge in [-0.05, 0) is 47.7 Å². The molecule has 0 bridgehead atoms. The SMILES string of the molecule is NCc1ccc(F)c(-c2cc(CNc3ccc([C@H]4C[C@@H]4C(=O)O)cn3)c(F)cc2F)c1. The van der Waals surface area contributed by atoms with Gasteiger partial charge in [-0.15, -0.1) is 0 Å². The third-order valence-corrected chi connectivity index (χ3v) is 5.47. The highest BCUT2D eigenvalue weighted by Gasteiger charge is 2.44. The van der Waals surface area contributed by atoms with Crippen LogP contribution < -0.4 is 11.1 Å². The summed E-state index contributed by atoms with van der Waals surface area (Å²) >= 11 is 0. The number of anilines is 1. The van der Waals surface area contributed by atoms with E-state index in [0.29, 0.717) is 17.8 Å². The van der Waals surface area contributed by atoms with Crippen molar-refractivity contribution in [2.75, 3.05) is 5.32 Å². The molecule has 0 spiro atoms. The number of hydrogen-bond acceptors (Lipinski definition) is 4. The number of halogens is 3. The lowest BCUT2D eigenvalue weighted by molar-refractivity contribution is -0.138. The fourth-order valence-corrected chi connectivity index (χ4v) is 3.59. The third-order valence-electron chi connectivity index (χ3n) is 5.47. The summed E-state index contributed by atoms with van der Waals surface area (Å²) in [4.78, 5) is 15.2. The van der Waals surface area contributed by atoms with Crippen LogP contribution in [0.15, 0.2) is 48.7 Å². The number of nitrogens with zero attached hydrogens (tertiary/aromatic N) is 1. The van der Waals surface area contributed by atoms with E-state index in [1.165, 1.54) is 24.3 Å². The molecule has 1 fully saturated rings. The van der Waals surface area contributed by atoms with Crippen LogP contribution in [0.4, 0.5) is 19.0 Å². The van der Waals surface area contributed by atoms with Gasteiger partial charge in [-0.2, -0.15) is 0 Å². The number of hydrogen-bond donors (Lipinski definition) is 3. The van der Waals surface area contributed by atoms with Gasteiger partial charge in [0.15, 0.2) is 0 Å². The van der Waals surface area contributed by atoms with E-state index in [1.54, 1.807) is 18.3 Å². The standard InChI is InChI=1S/C23H20F3N3O2/c24-19-3-1-12(9-27)5-16(19)17-6-14(20(25)8-21(17)26)11-29-22-4-2-13(10-28-22)15-7-18(15)23(30)31/h1-6,8,10,15,18H,7,9,11,27H2,(H,28,29)(H,30,31)/t15-,18+/m1/s1. The average Bonchev–Trinajstić information content (AvgIpc) is 3.56. The Morgan fingerprint density at radius 2 is 1.84 bits per heavy atom. The average molecular weight is 427 g/mol. The number of aliphatic carboxylic acids is 1. The Kier molecular flexibility index (Phi) is 5.65. The second-order valence-corrected chi connectivity index (χ2v) is 7.56. The first-order valence-corrected chi connectivity index (χ1v) is 9.76. The molecule has 0 radical (unpaired) electrons. The molecule has 4 rings (SSSR count). The molecule has 2 atom stereocenters. The van der Waals surface area contributed by atoms with E-state index in [-0.39, 0.29) is 41.6 Å². The smallest absolute Gasteiger partial charge is 0.307 e. The van der Waals surface area contributed by atoms with Crippen LogP contribution >= 0.6 is 0 Å². The van der Waals surface area contributed by atoms with Gasteiger partial charge in [0.1, 0.15) is 23.3 Å². The van der Waals surface area contributed by atoms with E-state index in [4.69, 9.17) is 10.8 Å². The summed E-state index contributed by atoms with van der Waals surface area (Å²) in [5.41, 5.74) is 7.16. The summed E-state index contributed by atoms with van der Waals surface area (Å²) in [5.74, 6) is -3.02. The first-order chi connectivity index (χ1) is 14.9. The van der Waals surface area contributed by atoms with Crippen LogP contribution in [0.5, 0.6) is 0 Å². The number of rotatable bonds is 7. The van der Waals surface area contributed by atoms with Gasteiger partial charge in [0.2, 0.25) is 0 Å². The Hall–Kier alpha value is -3.39. The molecule has 1 aromatic heterocycles. The second kappa shape index (κ2) is 8.39. The maximum Gasteiger partial charge on any atom is 0.307 e. The Morgan fingerprint density at radius 1 is 1.06 bits per heavy atom. The van der Waals surface area contributed by atoms with Crippen LogP contribution in [0.1, 0.15) is 29.0 Å². The summed E-state index contributed by atoms with van der Waals surface area (Å²) < 4.78 is 43.0. The number of carboxylic acid groups (broad SMARTS) is 1. The molecule has 8 heteroatoms. The molecule has 5 nitrogen and oxygen atoms in total. The molecule has 2 aromatic carbocycles. The zero-order valence-corrected chi connectivity index (χ0v) is 16.4. The lowest BCUT2D eigenvalue weighted by Gasteiger charge is -2.12. The number of carbonyl (C=O) groups is 1. The minimum Gasteiger partial charge on any atom is -0.481 e. The normalized spacial score (nSPS) is 17.4. The molecular formula is C23H20F3N3O2. The number of benzene rings is 2. The molecule has 31 heavy (non-hydrogen) atoms. The Bertz CT molecular complexity index is 1140. The summed E-state index contributed by atoms with van der Waals surface area (Å²) in [6.45, 7) is 0.172. The number of carboxylic acids is 1. The van der Waals surface area contributed by atoms with Gasteiger partial charge in [0.25, 0.3) is 0 Å². The van der Waals surface area contributed by atoms with Crippen LogP contribution in [0.25, 0.3) is 11.1 Å². The van der Waals surface area contributed by atoms with Crippen molar-refractivity contribution in [1.29, 1.82) is 0 Å². The van der Waals surface area contributed by atoms with Crippen molar-refractivity contribution < 1.29 is 23.1 Å². The predicted molar refractivity (Wildman–Crippen MR) is 110 cm³/mol. The molecule has 0 amide bonds.